The van der Waals surface area contributed by atoms with Gasteiger partial charge in [0.05, 0.1) is 14.2 Å². The second kappa shape index (κ2) is 2.57. The second-order valence-corrected chi connectivity index (χ2v) is 1.92. The van der Waals surface area contributed by atoms with Gasteiger partial charge in [0.2, 0.25) is 0 Å². The van der Waals surface area contributed by atoms with Gasteiger partial charge in [0.1, 0.15) is 0 Å². The molecule has 0 aromatic carbocycles. The number of imidazole rings is 1. The van der Waals surface area contributed by atoms with Crippen LogP contribution in [0.5, 0.6) is 5.88 Å². The summed E-state index contributed by atoms with van der Waals surface area (Å²) in [4.78, 5) is 13.2. The zero-order chi connectivity index (χ0) is 8.43. The van der Waals surface area contributed by atoms with Crippen molar-refractivity contribution in [3.8, 4) is 5.88 Å². The largest absolute Gasteiger partial charge is 0.469 e. The first kappa shape index (κ1) is 7.52. The van der Waals surface area contributed by atoms with Crippen LogP contribution in [0.15, 0.2) is 6.20 Å². The van der Waals surface area contributed by atoms with Crippen LogP contribution < -0.4 is 4.74 Å². The van der Waals surface area contributed by atoms with Crippen LogP contribution in [-0.4, -0.2) is 21.6 Å². The molecule has 11 heavy (non-hydrogen) atoms. The van der Waals surface area contributed by atoms with Crippen LogP contribution in [0.1, 0.15) is 0 Å². The number of nitrogens with zero attached hydrogens (tertiary/aromatic N) is 3. The number of rotatable bonds is 2. The Hall–Kier alpha value is -1.59. The third-order valence-corrected chi connectivity index (χ3v) is 1.29. The molecule has 0 radical (unpaired) electrons. The maximum absolute atomic E-state index is 10.2. The molecule has 0 aliphatic rings. The minimum Gasteiger partial charge on any atom is -0.469 e. The van der Waals surface area contributed by atoms with Crippen molar-refractivity contribution in [3.63, 3.8) is 0 Å². The summed E-state index contributed by atoms with van der Waals surface area (Å²) in [6.07, 6.45) is 1.30. The molecule has 0 fully saturated rings. The van der Waals surface area contributed by atoms with E-state index in [1.807, 2.05) is 0 Å². The highest BCUT2D eigenvalue weighted by Gasteiger charge is 2.16. The maximum atomic E-state index is 10.2. The van der Waals surface area contributed by atoms with Gasteiger partial charge >= 0.3 is 5.95 Å². The summed E-state index contributed by atoms with van der Waals surface area (Å²) < 4.78 is 6.04. The number of nitro groups is 1. The van der Waals surface area contributed by atoms with Gasteiger partial charge in [-0.25, -0.2) is 0 Å². The Kier molecular flexibility index (Phi) is 1.75. The van der Waals surface area contributed by atoms with Crippen LogP contribution in [0.2, 0.25) is 0 Å². The predicted molar refractivity (Wildman–Crippen MR) is 36.4 cm³/mol. The van der Waals surface area contributed by atoms with E-state index in [1.165, 1.54) is 24.9 Å². The molecule has 0 unspecified atom stereocenters. The molecule has 0 spiro atoms. The van der Waals surface area contributed by atoms with Crippen molar-refractivity contribution in [2.45, 2.75) is 0 Å². The molecule has 0 amide bonds. The fourth-order valence-electron chi connectivity index (χ4n) is 0.744. The Morgan fingerprint density at radius 2 is 2.45 bits per heavy atom. The highest BCUT2D eigenvalue weighted by molar-refractivity contribution is 5.18. The molecule has 6 heteroatoms. The molecule has 0 saturated carbocycles. The standard InChI is InChI=1S/C5H7N3O3/c1-7-4(11-2)3-6-5(7)8(9)10/h3H,1-2H3. The molecule has 1 aromatic rings. The van der Waals surface area contributed by atoms with E-state index >= 15 is 0 Å². The van der Waals surface area contributed by atoms with E-state index in [0.717, 1.165) is 0 Å². The van der Waals surface area contributed by atoms with Crippen molar-refractivity contribution >= 4 is 5.95 Å². The van der Waals surface area contributed by atoms with Crippen molar-refractivity contribution in [1.82, 2.24) is 9.55 Å². The van der Waals surface area contributed by atoms with Crippen LogP contribution >= 0.6 is 0 Å². The number of methoxy groups -OCH3 is 1. The van der Waals surface area contributed by atoms with Crippen molar-refractivity contribution in [2.24, 2.45) is 7.05 Å². The number of ether oxygens (including phenoxy) is 1. The average Bonchev–Trinajstić information content (AvgIpc) is 2.30. The monoisotopic (exact) mass is 157 g/mol. The van der Waals surface area contributed by atoms with Crippen LogP contribution in [0.4, 0.5) is 5.95 Å². The molecule has 0 aliphatic carbocycles. The van der Waals surface area contributed by atoms with Gasteiger partial charge in [-0.3, -0.25) is 0 Å². The number of hydrogen-bond donors (Lipinski definition) is 0. The maximum Gasteiger partial charge on any atom is 0.437 e. The van der Waals surface area contributed by atoms with Crippen LogP contribution in [0, 0.1) is 10.1 Å². The highest BCUT2D eigenvalue weighted by atomic mass is 16.6. The van der Waals surface area contributed by atoms with E-state index in [4.69, 9.17) is 4.74 Å². The van der Waals surface area contributed by atoms with Gasteiger partial charge in [0, 0.05) is 0 Å². The van der Waals surface area contributed by atoms with E-state index in [2.05, 4.69) is 4.98 Å². The lowest BCUT2D eigenvalue weighted by Gasteiger charge is -1.95. The quantitative estimate of drug-likeness (QED) is 0.458. The van der Waals surface area contributed by atoms with Crippen LogP contribution in [0.3, 0.4) is 0 Å². The Balaban J connectivity index is 3.10. The van der Waals surface area contributed by atoms with Crippen molar-refractivity contribution in [2.75, 3.05) is 7.11 Å². The average molecular weight is 157 g/mol. The van der Waals surface area contributed by atoms with E-state index in [0.29, 0.717) is 5.88 Å². The minimum atomic E-state index is -0.567. The first-order valence-electron chi connectivity index (χ1n) is 2.87. The summed E-state index contributed by atoms with van der Waals surface area (Å²) in [5.41, 5.74) is 0. The topological polar surface area (TPSA) is 70.2 Å². The summed E-state index contributed by atoms with van der Waals surface area (Å²) in [7, 11) is 2.95. The van der Waals surface area contributed by atoms with Gasteiger partial charge in [-0.1, -0.05) is 4.98 Å². The Morgan fingerprint density at radius 3 is 2.73 bits per heavy atom. The van der Waals surface area contributed by atoms with Gasteiger partial charge < -0.3 is 14.9 Å². The normalized spacial score (nSPS) is 9.64. The molecule has 0 atom stereocenters. The molecule has 0 bridgehead atoms. The predicted octanol–water partition coefficient (Wildman–Crippen LogP) is 0.337. The molecule has 1 rings (SSSR count). The van der Waals surface area contributed by atoms with Gasteiger partial charge in [-0.05, 0) is 4.92 Å². The Labute approximate surface area is 62.6 Å². The van der Waals surface area contributed by atoms with Crippen LogP contribution in [0.25, 0.3) is 0 Å². The Morgan fingerprint density at radius 1 is 1.82 bits per heavy atom. The van der Waals surface area contributed by atoms with Gasteiger partial charge in [-0.15, -0.1) is 0 Å². The van der Waals surface area contributed by atoms with Gasteiger partial charge in [-0.2, -0.15) is 4.57 Å². The summed E-state index contributed by atoms with van der Waals surface area (Å²) in [6.45, 7) is 0. The fourth-order valence-corrected chi connectivity index (χ4v) is 0.744. The number of hydrogen-bond acceptors (Lipinski definition) is 4. The SMILES string of the molecule is COc1cnc([N+](=O)[O-])n1C. The van der Waals surface area contributed by atoms with Crippen molar-refractivity contribution in [1.29, 1.82) is 0 Å². The van der Waals surface area contributed by atoms with E-state index in [9.17, 15) is 10.1 Å². The fraction of sp³-hybridized carbons (Fsp3) is 0.400. The molecule has 1 heterocycles. The molecule has 0 saturated heterocycles. The first-order valence-corrected chi connectivity index (χ1v) is 2.87. The van der Waals surface area contributed by atoms with Gasteiger partial charge in [0.25, 0.3) is 5.88 Å². The molecule has 60 valence electrons. The summed E-state index contributed by atoms with van der Waals surface area (Å²) in [6, 6.07) is 0. The molecular formula is C5H7N3O3. The minimum absolute atomic E-state index is 0.221. The van der Waals surface area contributed by atoms with Crippen molar-refractivity contribution < 1.29 is 9.66 Å². The lowest BCUT2D eigenvalue weighted by molar-refractivity contribution is -0.396. The molecule has 0 aliphatic heterocycles. The van der Waals surface area contributed by atoms with E-state index in [1.54, 1.807) is 0 Å². The zero-order valence-corrected chi connectivity index (χ0v) is 6.14. The summed E-state index contributed by atoms with van der Waals surface area (Å²) in [5, 5.41) is 10.2. The first-order chi connectivity index (χ1) is 5.16. The van der Waals surface area contributed by atoms with Crippen LogP contribution in [-0.2, 0) is 7.05 Å². The molecule has 6 nitrogen and oxygen atoms in total. The van der Waals surface area contributed by atoms with E-state index in [-0.39, 0.29) is 5.95 Å². The number of aromatic nitrogens is 2. The Bertz CT molecular complexity index is 281. The van der Waals surface area contributed by atoms with Gasteiger partial charge in [0.15, 0.2) is 6.20 Å². The summed E-state index contributed by atoms with van der Waals surface area (Å²) in [5.74, 6) is 0.151. The lowest BCUT2D eigenvalue weighted by atomic mass is 10.8. The van der Waals surface area contributed by atoms with E-state index < -0.39 is 4.92 Å². The zero-order valence-electron chi connectivity index (χ0n) is 6.14. The third kappa shape index (κ3) is 1.14. The lowest BCUT2D eigenvalue weighted by Crippen LogP contribution is -1.99. The molecule has 1 aromatic heterocycles. The molecular weight excluding hydrogens is 150 g/mol. The van der Waals surface area contributed by atoms with Crippen molar-refractivity contribution in [3.05, 3.63) is 16.3 Å². The summed E-state index contributed by atoms with van der Waals surface area (Å²) >= 11 is 0. The third-order valence-electron chi connectivity index (χ3n) is 1.29. The second-order valence-electron chi connectivity index (χ2n) is 1.92. The smallest absolute Gasteiger partial charge is 0.437 e. The highest BCUT2D eigenvalue weighted by Crippen LogP contribution is 2.15. The molecule has 0 N–H and O–H groups in total.